The maximum Gasteiger partial charge on any atom is 0.246 e. The van der Waals surface area contributed by atoms with Crippen LogP contribution in [0.2, 0.25) is 5.02 Å². The van der Waals surface area contributed by atoms with Crippen molar-refractivity contribution in [2.45, 2.75) is 13.5 Å². The molecule has 0 bridgehead atoms. The summed E-state index contributed by atoms with van der Waals surface area (Å²) in [6, 6.07) is 13.3. The molecule has 0 spiro atoms. The second kappa shape index (κ2) is 6.71. The third kappa shape index (κ3) is 3.63. The number of hydrogen-bond acceptors (Lipinski definition) is 5. The molecule has 118 valence electrons. The Kier molecular flexibility index (Phi) is 4.48. The smallest absolute Gasteiger partial charge is 0.246 e. The number of nitrogens with zero attached hydrogens (tertiary/aromatic N) is 2. The predicted molar refractivity (Wildman–Crippen MR) is 89.8 cm³/mol. The Bertz CT molecular complexity index is 800. The molecular weight excluding hydrogens is 314 g/mol. The van der Waals surface area contributed by atoms with E-state index >= 15 is 0 Å². The molecule has 0 unspecified atom stereocenters. The Morgan fingerprint density at radius 3 is 2.65 bits per heavy atom. The van der Waals surface area contributed by atoms with Crippen LogP contribution >= 0.6 is 11.6 Å². The third-order valence-electron chi connectivity index (χ3n) is 3.37. The van der Waals surface area contributed by atoms with Crippen molar-refractivity contribution in [3.63, 3.8) is 0 Å². The molecule has 0 radical (unpaired) electrons. The van der Waals surface area contributed by atoms with Crippen LogP contribution in [-0.4, -0.2) is 17.3 Å². The lowest BCUT2D eigenvalue weighted by Crippen LogP contribution is -2.00. The number of hydrogen-bond donors (Lipinski definition) is 1. The topological polar surface area (TPSA) is 60.2 Å². The lowest BCUT2D eigenvalue weighted by atomic mass is 10.2. The van der Waals surface area contributed by atoms with E-state index in [1.165, 1.54) is 0 Å². The standard InChI is InChI=1S/C17H16ClN3O2/c1-11-3-8-15(14(18)9-11)19-10-16-20-17(21-23-16)12-4-6-13(22-2)7-5-12/h3-9,19H,10H2,1-2H3. The highest BCUT2D eigenvalue weighted by Crippen LogP contribution is 2.24. The Hall–Kier alpha value is -2.53. The zero-order valence-corrected chi connectivity index (χ0v) is 13.6. The molecule has 0 fully saturated rings. The fourth-order valence-electron chi connectivity index (χ4n) is 2.12. The summed E-state index contributed by atoms with van der Waals surface area (Å²) in [6.45, 7) is 2.40. The Balaban J connectivity index is 1.69. The van der Waals surface area contributed by atoms with Gasteiger partial charge in [-0.1, -0.05) is 22.8 Å². The molecule has 5 nitrogen and oxygen atoms in total. The zero-order valence-electron chi connectivity index (χ0n) is 12.8. The fourth-order valence-corrected chi connectivity index (χ4v) is 2.42. The number of anilines is 1. The summed E-state index contributed by atoms with van der Waals surface area (Å²) in [7, 11) is 1.63. The van der Waals surface area contributed by atoms with Crippen molar-refractivity contribution < 1.29 is 9.26 Å². The number of aryl methyl sites for hydroxylation is 1. The van der Waals surface area contributed by atoms with E-state index in [0.29, 0.717) is 23.3 Å². The van der Waals surface area contributed by atoms with E-state index in [0.717, 1.165) is 22.6 Å². The van der Waals surface area contributed by atoms with Gasteiger partial charge < -0.3 is 14.6 Å². The molecule has 23 heavy (non-hydrogen) atoms. The van der Waals surface area contributed by atoms with Gasteiger partial charge in [-0.15, -0.1) is 0 Å². The predicted octanol–water partition coefficient (Wildman–Crippen LogP) is 4.32. The Morgan fingerprint density at radius 2 is 1.96 bits per heavy atom. The van der Waals surface area contributed by atoms with Crippen molar-refractivity contribution in [1.29, 1.82) is 0 Å². The maximum atomic E-state index is 6.18. The number of methoxy groups -OCH3 is 1. The molecule has 3 aromatic rings. The van der Waals surface area contributed by atoms with E-state index in [9.17, 15) is 0 Å². The van der Waals surface area contributed by atoms with Gasteiger partial charge in [-0.25, -0.2) is 0 Å². The van der Waals surface area contributed by atoms with Crippen LogP contribution in [0.4, 0.5) is 5.69 Å². The van der Waals surface area contributed by atoms with Crippen LogP contribution in [0.3, 0.4) is 0 Å². The molecule has 2 aromatic carbocycles. The molecule has 0 aliphatic carbocycles. The van der Waals surface area contributed by atoms with E-state index < -0.39 is 0 Å². The largest absolute Gasteiger partial charge is 0.497 e. The molecular formula is C17H16ClN3O2. The quantitative estimate of drug-likeness (QED) is 0.755. The molecule has 1 aromatic heterocycles. The minimum Gasteiger partial charge on any atom is -0.497 e. The first-order valence-corrected chi connectivity index (χ1v) is 7.50. The van der Waals surface area contributed by atoms with Crippen LogP contribution < -0.4 is 10.1 Å². The van der Waals surface area contributed by atoms with Crippen LogP contribution in [0.5, 0.6) is 5.75 Å². The van der Waals surface area contributed by atoms with Gasteiger partial charge >= 0.3 is 0 Å². The first-order chi connectivity index (χ1) is 11.2. The normalized spacial score (nSPS) is 10.6. The lowest BCUT2D eigenvalue weighted by Gasteiger charge is -2.06. The zero-order chi connectivity index (χ0) is 16.2. The van der Waals surface area contributed by atoms with Gasteiger partial charge in [0.2, 0.25) is 11.7 Å². The molecule has 0 amide bonds. The summed E-state index contributed by atoms with van der Waals surface area (Å²) in [4.78, 5) is 4.37. The van der Waals surface area contributed by atoms with Gasteiger partial charge in [-0.05, 0) is 48.9 Å². The van der Waals surface area contributed by atoms with Crippen molar-refractivity contribution in [2.24, 2.45) is 0 Å². The highest BCUT2D eigenvalue weighted by Gasteiger charge is 2.09. The average molecular weight is 330 g/mol. The lowest BCUT2D eigenvalue weighted by molar-refractivity contribution is 0.384. The Morgan fingerprint density at radius 1 is 1.17 bits per heavy atom. The number of halogens is 1. The summed E-state index contributed by atoms with van der Waals surface area (Å²) >= 11 is 6.18. The third-order valence-corrected chi connectivity index (χ3v) is 3.68. The first-order valence-electron chi connectivity index (χ1n) is 7.13. The van der Waals surface area contributed by atoms with E-state index in [2.05, 4.69) is 15.5 Å². The minimum absolute atomic E-state index is 0.409. The van der Waals surface area contributed by atoms with Crippen molar-refractivity contribution >= 4 is 17.3 Å². The number of aromatic nitrogens is 2. The van der Waals surface area contributed by atoms with Crippen LogP contribution in [0, 0.1) is 6.92 Å². The van der Waals surface area contributed by atoms with Crippen molar-refractivity contribution in [3.8, 4) is 17.1 Å². The van der Waals surface area contributed by atoms with Gasteiger partial charge in [-0.3, -0.25) is 0 Å². The Labute approximate surface area is 139 Å². The molecule has 1 N–H and O–H groups in total. The molecule has 0 aliphatic heterocycles. The summed E-state index contributed by atoms with van der Waals surface area (Å²) in [6.07, 6.45) is 0. The van der Waals surface area contributed by atoms with Gasteiger partial charge in [0.05, 0.1) is 24.4 Å². The molecule has 6 heteroatoms. The maximum absolute atomic E-state index is 6.18. The van der Waals surface area contributed by atoms with Crippen LogP contribution in [0.15, 0.2) is 47.0 Å². The SMILES string of the molecule is COc1ccc(-c2noc(CNc3ccc(C)cc3Cl)n2)cc1. The molecule has 0 aliphatic rings. The van der Waals surface area contributed by atoms with Crippen molar-refractivity contribution in [3.05, 3.63) is 58.9 Å². The summed E-state index contributed by atoms with van der Waals surface area (Å²) < 4.78 is 10.4. The van der Waals surface area contributed by atoms with Crippen molar-refractivity contribution in [1.82, 2.24) is 10.1 Å². The van der Waals surface area contributed by atoms with E-state index in [1.807, 2.05) is 49.4 Å². The van der Waals surface area contributed by atoms with Gasteiger partial charge in [-0.2, -0.15) is 4.98 Å². The second-order valence-corrected chi connectivity index (χ2v) is 5.48. The summed E-state index contributed by atoms with van der Waals surface area (Å²) in [5.41, 5.74) is 2.82. The summed E-state index contributed by atoms with van der Waals surface area (Å²) in [5, 5.41) is 7.85. The monoisotopic (exact) mass is 329 g/mol. The van der Waals surface area contributed by atoms with Crippen LogP contribution in [-0.2, 0) is 6.54 Å². The summed E-state index contributed by atoms with van der Waals surface area (Å²) in [5.74, 6) is 1.82. The molecule has 0 saturated heterocycles. The van der Waals surface area contributed by atoms with Gasteiger partial charge in [0.1, 0.15) is 5.75 Å². The van der Waals surface area contributed by atoms with E-state index in [-0.39, 0.29) is 0 Å². The second-order valence-electron chi connectivity index (χ2n) is 5.08. The number of ether oxygens (including phenoxy) is 1. The molecule has 3 rings (SSSR count). The van der Waals surface area contributed by atoms with Crippen molar-refractivity contribution in [2.75, 3.05) is 12.4 Å². The van der Waals surface area contributed by atoms with Gasteiger partial charge in [0.25, 0.3) is 0 Å². The highest BCUT2D eigenvalue weighted by atomic mass is 35.5. The van der Waals surface area contributed by atoms with E-state index in [1.54, 1.807) is 7.11 Å². The van der Waals surface area contributed by atoms with Gasteiger partial charge in [0, 0.05) is 5.56 Å². The fraction of sp³-hybridized carbons (Fsp3) is 0.176. The van der Waals surface area contributed by atoms with Crippen LogP contribution in [0.1, 0.15) is 11.5 Å². The highest BCUT2D eigenvalue weighted by molar-refractivity contribution is 6.33. The number of nitrogens with one attached hydrogen (secondary N) is 1. The molecule has 0 saturated carbocycles. The minimum atomic E-state index is 0.409. The average Bonchev–Trinajstić information content (AvgIpc) is 3.03. The van der Waals surface area contributed by atoms with E-state index in [4.69, 9.17) is 20.9 Å². The van der Waals surface area contributed by atoms with Crippen LogP contribution in [0.25, 0.3) is 11.4 Å². The molecule has 1 heterocycles. The molecule has 0 atom stereocenters. The number of benzene rings is 2. The first kappa shape index (κ1) is 15.4. The van der Waals surface area contributed by atoms with Gasteiger partial charge in [0.15, 0.2) is 0 Å². The number of rotatable bonds is 5.